The van der Waals surface area contributed by atoms with Gasteiger partial charge in [-0.1, -0.05) is 35.8 Å². The van der Waals surface area contributed by atoms with E-state index in [1.54, 1.807) is 29.4 Å². The number of anilines is 1. The smallest absolute Gasteiger partial charge is 0.321 e. The summed E-state index contributed by atoms with van der Waals surface area (Å²) in [4.78, 5) is 22.9. The van der Waals surface area contributed by atoms with Crippen molar-refractivity contribution in [3.63, 3.8) is 0 Å². The van der Waals surface area contributed by atoms with Crippen LogP contribution in [-0.2, 0) is 0 Å². The van der Waals surface area contributed by atoms with Gasteiger partial charge >= 0.3 is 6.03 Å². The Bertz CT molecular complexity index is 946. The lowest BCUT2D eigenvalue weighted by atomic mass is 9.98. The molecule has 27 heavy (non-hydrogen) atoms. The standard InChI is InChI=1S/C19H18ClN5O2/c1-12-10-25(19(26)22-16-5-3-2-4-15(16)20)11-14(12)18-23-17(24-27-18)13-6-8-21-9-7-13/h2-9,12,14H,10-11H2,1H3,(H,22,26)/t12-,14-/m0/s1. The number of amides is 2. The predicted molar refractivity (Wildman–Crippen MR) is 101 cm³/mol. The number of aromatic nitrogens is 3. The Morgan fingerprint density at radius 3 is 2.78 bits per heavy atom. The van der Waals surface area contributed by atoms with Crippen molar-refractivity contribution in [3.8, 4) is 11.4 Å². The Morgan fingerprint density at radius 1 is 1.22 bits per heavy atom. The molecule has 7 nitrogen and oxygen atoms in total. The van der Waals surface area contributed by atoms with Gasteiger partial charge in [-0.3, -0.25) is 4.98 Å². The van der Waals surface area contributed by atoms with Gasteiger partial charge in [0.05, 0.1) is 16.6 Å². The van der Waals surface area contributed by atoms with Gasteiger partial charge in [0.25, 0.3) is 0 Å². The van der Waals surface area contributed by atoms with Crippen LogP contribution in [0.5, 0.6) is 0 Å². The topological polar surface area (TPSA) is 84.2 Å². The molecule has 138 valence electrons. The molecule has 2 atom stereocenters. The van der Waals surface area contributed by atoms with Crippen LogP contribution in [0.2, 0.25) is 5.02 Å². The lowest BCUT2D eigenvalue weighted by Gasteiger charge is -2.17. The molecule has 1 N–H and O–H groups in total. The van der Waals surface area contributed by atoms with Crippen molar-refractivity contribution in [1.82, 2.24) is 20.0 Å². The van der Waals surface area contributed by atoms with Gasteiger partial charge in [0, 0.05) is 31.0 Å². The summed E-state index contributed by atoms with van der Waals surface area (Å²) in [6.45, 7) is 3.19. The average molecular weight is 384 g/mol. The summed E-state index contributed by atoms with van der Waals surface area (Å²) in [6, 6.07) is 10.6. The minimum absolute atomic E-state index is 0.00918. The molecule has 1 aliphatic heterocycles. The van der Waals surface area contributed by atoms with E-state index in [0.717, 1.165) is 5.56 Å². The van der Waals surface area contributed by atoms with E-state index in [1.807, 2.05) is 24.3 Å². The summed E-state index contributed by atoms with van der Waals surface area (Å²) >= 11 is 6.12. The molecule has 0 saturated carbocycles. The molecule has 1 saturated heterocycles. The van der Waals surface area contributed by atoms with Crippen molar-refractivity contribution in [3.05, 3.63) is 59.7 Å². The largest absolute Gasteiger partial charge is 0.339 e. The number of carbonyl (C=O) groups is 1. The van der Waals surface area contributed by atoms with Crippen molar-refractivity contribution in [2.75, 3.05) is 18.4 Å². The molecule has 0 spiro atoms. The molecule has 0 aliphatic carbocycles. The van der Waals surface area contributed by atoms with Crippen molar-refractivity contribution >= 4 is 23.3 Å². The number of halogens is 1. The second kappa shape index (κ2) is 7.36. The number of likely N-dealkylation sites (tertiary alicyclic amines) is 1. The molecule has 3 heterocycles. The van der Waals surface area contributed by atoms with Gasteiger partial charge in [-0.25, -0.2) is 4.79 Å². The second-order valence-corrected chi connectivity index (χ2v) is 7.00. The second-order valence-electron chi connectivity index (χ2n) is 6.59. The van der Waals surface area contributed by atoms with E-state index in [0.29, 0.717) is 35.5 Å². The molecule has 2 amide bonds. The number of urea groups is 1. The van der Waals surface area contributed by atoms with Crippen LogP contribution < -0.4 is 5.32 Å². The van der Waals surface area contributed by atoms with Crippen molar-refractivity contribution in [2.24, 2.45) is 5.92 Å². The highest BCUT2D eigenvalue weighted by atomic mass is 35.5. The third-order valence-electron chi connectivity index (χ3n) is 4.71. The highest BCUT2D eigenvalue weighted by Gasteiger charge is 2.37. The van der Waals surface area contributed by atoms with E-state index in [4.69, 9.17) is 16.1 Å². The molecule has 4 rings (SSSR count). The normalized spacial score (nSPS) is 19.3. The van der Waals surface area contributed by atoms with Crippen molar-refractivity contribution in [2.45, 2.75) is 12.8 Å². The number of rotatable bonds is 3. The highest BCUT2D eigenvalue weighted by Crippen LogP contribution is 2.33. The van der Waals surface area contributed by atoms with E-state index in [9.17, 15) is 4.79 Å². The van der Waals surface area contributed by atoms with Gasteiger partial charge in [-0.05, 0) is 30.2 Å². The molecular formula is C19H18ClN5O2. The highest BCUT2D eigenvalue weighted by molar-refractivity contribution is 6.33. The molecule has 1 aliphatic rings. The van der Waals surface area contributed by atoms with Crippen LogP contribution in [0.1, 0.15) is 18.7 Å². The number of pyridine rings is 1. The zero-order chi connectivity index (χ0) is 18.8. The zero-order valence-electron chi connectivity index (χ0n) is 14.7. The number of nitrogens with one attached hydrogen (secondary N) is 1. The van der Waals surface area contributed by atoms with E-state index in [1.165, 1.54) is 0 Å². The Hall–Kier alpha value is -2.93. The number of hydrogen-bond acceptors (Lipinski definition) is 5. The van der Waals surface area contributed by atoms with Crippen LogP contribution >= 0.6 is 11.6 Å². The fraction of sp³-hybridized carbons (Fsp3) is 0.263. The molecule has 0 bridgehead atoms. The number of para-hydroxylation sites is 1. The Morgan fingerprint density at radius 2 is 2.00 bits per heavy atom. The maximum absolute atomic E-state index is 12.6. The van der Waals surface area contributed by atoms with E-state index >= 15 is 0 Å². The molecule has 3 aromatic rings. The SMILES string of the molecule is C[C@H]1CN(C(=O)Nc2ccccc2Cl)C[C@@H]1c1nc(-c2ccncc2)no1. The number of hydrogen-bond donors (Lipinski definition) is 1. The van der Waals surface area contributed by atoms with E-state index in [-0.39, 0.29) is 17.9 Å². The summed E-state index contributed by atoms with van der Waals surface area (Å²) in [7, 11) is 0. The van der Waals surface area contributed by atoms with Crippen LogP contribution in [0, 0.1) is 5.92 Å². The molecule has 0 radical (unpaired) electrons. The molecule has 2 aromatic heterocycles. The average Bonchev–Trinajstić information content (AvgIpc) is 3.31. The molecule has 1 aromatic carbocycles. The summed E-state index contributed by atoms with van der Waals surface area (Å²) < 4.78 is 5.48. The number of nitrogens with zero attached hydrogens (tertiary/aromatic N) is 4. The third-order valence-corrected chi connectivity index (χ3v) is 5.04. The van der Waals surface area contributed by atoms with Crippen molar-refractivity contribution in [1.29, 1.82) is 0 Å². The van der Waals surface area contributed by atoms with Crippen molar-refractivity contribution < 1.29 is 9.32 Å². The van der Waals surface area contributed by atoms with Crippen LogP contribution in [-0.4, -0.2) is 39.1 Å². The number of benzene rings is 1. The predicted octanol–water partition coefficient (Wildman–Crippen LogP) is 4.05. The summed E-state index contributed by atoms with van der Waals surface area (Å²) in [5.41, 5.74) is 1.44. The first-order valence-electron chi connectivity index (χ1n) is 8.66. The van der Waals surface area contributed by atoms with Gasteiger partial charge < -0.3 is 14.7 Å². The Kier molecular flexibility index (Phi) is 4.77. The monoisotopic (exact) mass is 383 g/mol. The molecular weight excluding hydrogens is 366 g/mol. The lowest BCUT2D eigenvalue weighted by molar-refractivity contribution is 0.220. The first-order chi connectivity index (χ1) is 13.1. The van der Waals surface area contributed by atoms with Crippen LogP contribution in [0.3, 0.4) is 0 Å². The first-order valence-corrected chi connectivity index (χ1v) is 9.04. The van der Waals surface area contributed by atoms with Crippen LogP contribution in [0.4, 0.5) is 10.5 Å². The van der Waals surface area contributed by atoms with E-state index < -0.39 is 0 Å². The van der Waals surface area contributed by atoms with Crippen LogP contribution in [0.15, 0.2) is 53.3 Å². The first kappa shape index (κ1) is 17.5. The molecule has 8 heteroatoms. The maximum atomic E-state index is 12.6. The third kappa shape index (κ3) is 3.64. The quantitative estimate of drug-likeness (QED) is 0.737. The molecule has 0 unspecified atom stereocenters. The fourth-order valence-corrected chi connectivity index (χ4v) is 3.40. The van der Waals surface area contributed by atoms with Gasteiger partial charge in [0.2, 0.25) is 11.7 Å². The Balaban J connectivity index is 1.46. The summed E-state index contributed by atoms with van der Waals surface area (Å²) in [5, 5.41) is 7.43. The maximum Gasteiger partial charge on any atom is 0.321 e. The van der Waals surface area contributed by atoms with Gasteiger partial charge in [0.1, 0.15) is 0 Å². The summed E-state index contributed by atoms with van der Waals surface area (Å²) in [5.74, 6) is 1.26. The minimum Gasteiger partial charge on any atom is -0.339 e. The lowest BCUT2D eigenvalue weighted by Crippen LogP contribution is -2.33. The Labute approximate surface area is 161 Å². The number of carbonyl (C=O) groups excluding carboxylic acids is 1. The van der Waals surface area contributed by atoms with Gasteiger partial charge in [0.15, 0.2) is 0 Å². The van der Waals surface area contributed by atoms with Gasteiger partial charge in [-0.2, -0.15) is 4.98 Å². The van der Waals surface area contributed by atoms with E-state index in [2.05, 4.69) is 27.4 Å². The minimum atomic E-state index is -0.189. The zero-order valence-corrected chi connectivity index (χ0v) is 15.4. The fourth-order valence-electron chi connectivity index (χ4n) is 3.21. The van der Waals surface area contributed by atoms with Gasteiger partial charge in [-0.15, -0.1) is 0 Å². The molecule has 1 fully saturated rings. The van der Waals surface area contributed by atoms with Crippen LogP contribution in [0.25, 0.3) is 11.4 Å². The summed E-state index contributed by atoms with van der Waals surface area (Å²) in [6.07, 6.45) is 3.37.